The van der Waals surface area contributed by atoms with Crippen molar-refractivity contribution in [1.82, 2.24) is 19.4 Å². The van der Waals surface area contributed by atoms with E-state index in [9.17, 15) is 4.79 Å². The first-order valence-electron chi connectivity index (χ1n) is 12.0. The second-order valence-electron chi connectivity index (χ2n) is 9.34. The predicted octanol–water partition coefficient (Wildman–Crippen LogP) is 6.46. The fourth-order valence-electron chi connectivity index (χ4n) is 5.09. The molecule has 1 aliphatic rings. The molecule has 6 rings (SSSR count). The summed E-state index contributed by atoms with van der Waals surface area (Å²) in [5.41, 5.74) is 9.67. The third-order valence-electron chi connectivity index (χ3n) is 6.98. The van der Waals surface area contributed by atoms with Crippen molar-refractivity contribution >= 4 is 56.0 Å². The first-order chi connectivity index (χ1) is 17.5. The second kappa shape index (κ2) is 9.19. The highest BCUT2D eigenvalue weighted by Gasteiger charge is 2.31. The molecule has 9 heteroatoms. The molecule has 1 aliphatic carbocycles. The maximum Gasteiger partial charge on any atom is 0.227 e. The van der Waals surface area contributed by atoms with E-state index < -0.39 is 0 Å². The SMILES string of the molecule is Cc1ccc(NC(=O)[C@H]2CC[C@H](c3nc(-c4cc5cccc(Cl)c5s4)c4c(N)nccn43)CC2)cn1. The Balaban J connectivity index is 1.27. The molecule has 1 fully saturated rings. The molecule has 1 aromatic carbocycles. The lowest BCUT2D eigenvalue weighted by molar-refractivity contribution is -0.120. The van der Waals surface area contributed by atoms with Crippen molar-refractivity contribution in [2.75, 3.05) is 11.1 Å². The highest BCUT2D eigenvalue weighted by atomic mass is 35.5. The highest BCUT2D eigenvalue weighted by molar-refractivity contribution is 7.22. The van der Waals surface area contributed by atoms with E-state index in [4.69, 9.17) is 22.3 Å². The summed E-state index contributed by atoms with van der Waals surface area (Å²) in [6.07, 6.45) is 8.72. The Morgan fingerprint density at radius 1 is 1.17 bits per heavy atom. The highest BCUT2D eigenvalue weighted by Crippen LogP contribution is 2.42. The van der Waals surface area contributed by atoms with Gasteiger partial charge in [0.25, 0.3) is 0 Å². The fraction of sp³-hybridized carbons (Fsp3) is 0.259. The number of aryl methyl sites for hydroxylation is 1. The van der Waals surface area contributed by atoms with Gasteiger partial charge < -0.3 is 11.1 Å². The van der Waals surface area contributed by atoms with E-state index in [-0.39, 0.29) is 17.7 Å². The summed E-state index contributed by atoms with van der Waals surface area (Å²) in [6, 6.07) is 11.8. The number of hydrogen-bond acceptors (Lipinski definition) is 6. The molecule has 36 heavy (non-hydrogen) atoms. The molecule has 3 N–H and O–H groups in total. The Kier molecular flexibility index (Phi) is 5.85. The molecule has 182 valence electrons. The predicted molar refractivity (Wildman–Crippen MR) is 146 cm³/mol. The van der Waals surface area contributed by atoms with Gasteiger partial charge in [0.15, 0.2) is 0 Å². The number of carbonyl (C=O) groups excluding carboxylic acids is 1. The van der Waals surface area contributed by atoms with Crippen LogP contribution in [0.5, 0.6) is 0 Å². The molecular formula is C27H25ClN6OS. The summed E-state index contributed by atoms with van der Waals surface area (Å²) in [7, 11) is 0. The number of nitrogen functional groups attached to an aromatic ring is 1. The minimum absolute atomic E-state index is 0.0234. The van der Waals surface area contributed by atoms with Crippen molar-refractivity contribution in [2.45, 2.75) is 38.5 Å². The Labute approximate surface area is 217 Å². The Hall–Kier alpha value is -3.49. The molecule has 5 aromatic rings. The number of halogens is 1. The fourth-order valence-corrected chi connectivity index (χ4v) is 6.44. The first kappa shape index (κ1) is 22.9. The zero-order valence-electron chi connectivity index (χ0n) is 19.7. The van der Waals surface area contributed by atoms with Crippen molar-refractivity contribution in [3.63, 3.8) is 0 Å². The number of aromatic nitrogens is 4. The number of benzene rings is 1. The molecule has 0 radical (unpaired) electrons. The summed E-state index contributed by atoms with van der Waals surface area (Å²) < 4.78 is 3.11. The Bertz CT molecular complexity index is 1580. The summed E-state index contributed by atoms with van der Waals surface area (Å²) >= 11 is 8.06. The topological polar surface area (TPSA) is 98.2 Å². The van der Waals surface area contributed by atoms with Crippen LogP contribution in [0.2, 0.25) is 5.02 Å². The number of nitrogens with zero attached hydrogens (tertiary/aromatic N) is 4. The number of imidazole rings is 1. The van der Waals surface area contributed by atoms with Crippen LogP contribution in [-0.4, -0.2) is 25.3 Å². The van der Waals surface area contributed by atoms with Gasteiger partial charge in [-0.05, 0) is 62.3 Å². The van der Waals surface area contributed by atoms with Gasteiger partial charge in [0, 0.05) is 29.9 Å². The minimum Gasteiger partial charge on any atom is -0.382 e. The third kappa shape index (κ3) is 4.10. The van der Waals surface area contributed by atoms with Crippen LogP contribution in [0.4, 0.5) is 11.5 Å². The van der Waals surface area contributed by atoms with Gasteiger partial charge in [-0.15, -0.1) is 11.3 Å². The summed E-state index contributed by atoms with van der Waals surface area (Å²) in [5, 5.41) is 4.84. The summed E-state index contributed by atoms with van der Waals surface area (Å²) in [6.45, 7) is 1.93. The molecule has 7 nitrogen and oxygen atoms in total. The molecule has 4 heterocycles. The van der Waals surface area contributed by atoms with Crippen LogP contribution in [-0.2, 0) is 4.79 Å². The molecule has 0 spiro atoms. The van der Waals surface area contributed by atoms with Crippen LogP contribution in [0.15, 0.2) is 55.0 Å². The third-order valence-corrected chi connectivity index (χ3v) is 8.60. The van der Waals surface area contributed by atoms with E-state index in [1.807, 2.05) is 37.4 Å². The van der Waals surface area contributed by atoms with Crippen molar-refractivity contribution in [1.29, 1.82) is 0 Å². The summed E-state index contributed by atoms with van der Waals surface area (Å²) in [4.78, 5) is 27.6. The first-order valence-corrected chi connectivity index (χ1v) is 13.2. The number of fused-ring (bicyclic) bond motifs is 2. The molecule has 0 saturated heterocycles. The maximum absolute atomic E-state index is 12.9. The van der Waals surface area contributed by atoms with Crippen molar-refractivity contribution in [3.8, 4) is 10.6 Å². The number of rotatable bonds is 4. The van der Waals surface area contributed by atoms with Gasteiger partial charge in [-0.25, -0.2) is 9.97 Å². The standard InChI is InChI=1S/C27H25ClN6OS/c1-15-5-10-19(14-31-15)32-27(35)17-8-6-16(7-9-17)26-33-22(23-25(29)30-11-12-34(23)26)21-13-18-3-2-4-20(28)24(18)36-21/h2-5,10-14,16-17H,6-9H2,1H3,(H2,29,30)(H,32,35)/t16-,17-. The molecule has 1 saturated carbocycles. The average molecular weight is 517 g/mol. The Morgan fingerprint density at radius 2 is 2.00 bits per heavy atom. The van der Waals surface area contributed by atoms with E-state index in [1.165, 1.54) is 0 Å². The van der Waals surface area contributed by atoms with Gasteiger partial charge in [0.05, 0.1) is 26.5 Å². The maximum atomic E-state index is 12.9. The zero-order chi connectivity index (χ0) is 24.8. The van der Waals surface area contributed by atoms with Gasteiger partial charge >= 0.3 is 0 Å². The van der Waals surface area contributed by atoms with Gasteiger partial charge in [0.1, 0.15) is 22.9 Å². The average Bonchev–Trinajstić information content (AvgIpc) is 3.49. The second-order valence-corrected chi connectivity index (χ2v) is 10.8. The minimum atomic E-state index is -0.0234. The number of pyridine rings is 1. The Morgan fingerprint density at radius 3 is 2.75 bits per heavy atom. The number of nitrogens with two attached hydrogens (primary N) is 1. The molecule has 1 amide bonds. The number of anilines is 2. The van der Waals surface area contributed by atoms with Crippen LogP contribution in [0.25, 0.3) is 26.2 Å². The van der Waals surface area contributed by atoms with Crippen LogP contribution in [0.3, 0.4) is 0 Å². The van der Waals surface area contributed by atoms with Gasteiger partial charge in [0.2, 0.25) is 5.91 Å². The number of carbonyl (C=O) groups is 1. The molecule has 0 aliphatic heterocycles. The van der Waals surface area contributed by atoms with Crippen LogP contribution < -0.4 is 11.1 Å². The molecular weight excluding hydrogens is 492 g/mol. The lowest BCUT2D eigenvalue weighted by Crippen LogP contribution is -2.27. The lowest BCUT2D eigenvalue weighted by Gasteiger charge is -2.27. The van der Waals surface area contributed by atoms with Gasteiger partial charge in [-0.2, -0.15) is 0 Å². The van der Waals surface area contributed by atoms with Gasteiger partial charge in [-0.3, -0.25) is 14.2 Å². The monoisotopic (exact) mass is 516 g/mol. The normalized spacial score (nSPS) is 18.1. The van der Waals surface area contributed by atoms with E-state index in [0.29, 0.717) is 5.82 Å². The molecule has 0 atom stereocenters. The number of amides is 1. The summed E-state index contributed by atoms with van der Waals surface area (Å²) in [5.74, 6) is 1.69. The van der Waals surface area contributed by atoms with Crippen molar-refractivity contribution in [3.05, 3.63) is 71.5 Å². The van der Waals surface area contributed by atoms with E-state index >= 15 is 0 Å². The van der Waals surface area contributed by atoms with Crippen molar-refractivity contribution in [2.24, 2.45) is 5.92 Å². The van der Waals surface area contributed by atoms with E-state index in [0.717, 1.165) is 74.1 Å². The zero-order valence-corrected chi connectivity index (χ0v) is 21.3. The molecule has 0 bridgehead atoms. The van der Waals surface area contributed by atoms with Crippen molar-refractivity contribution < 1.29 is 4.79 Å². The largest absolute Gasteiger partial charge is 0.382 e. The van der Waals surface area contributed by atoms with Crippen LogP contribution in [0.1, 0.15) is 43.1 Å². The molecule has 4 aromatic heterocycles. The lowest BCUT2D eigenvalue weighted by atomic mass is 9.81. The van der Waals surface area contributed by atoms with E-state index in [1.54, 1.807) is 23.7 Å². The van der Waals surface area contributed by atoms with Gasteiger partial charge in [-0.1, -0.05) is 23.7 Å². The van der Waals surface area contributed by atoms with Crippen LogP contribution >= 0.6 is 22.9 Å². The van der Waals surface area contributed by atoms with Crippen LogP contribution in [0, 0.1) is 12.8 Å². The number of nitrogens with one attached hydrogen (secondary N) is 1. The van der Waals surface area contributed by atoms with E-state index in [2.05, 4.69) is 31.8 Å². The quantitative estimate of drug-likeness (QED) is 0.285. The smallest absolute Gasteiger partial charge is 0.227 e. The molecule has 0 unspecified atom stereocenters. The number of thiophene rings is 1. The number of hydrogen-bond donors (Lipinski definition) is 2.